The van der Waals surface area contributed by atoms with E-state index in [0.717, 1.165) is 37.0 Å². The highest BCUT2D eigenvalue weighted by molar-refractivity contribution is 5.11. The van der Waals surface area contributed by atoms with Crippen LogP contribution in [0.4, 0.5) is 0 Å². The second-order valence-electron chi connectivity index (χ2n) is 11.2. The first kappa shape index (κ1) is 19.2. The molecule has 10 atom stereocenters. The summed E-state index contributed by atoms with van der Waals surface area (Å²) >= 11 is 0. The minimum atomic E-state index is -0.131. The molecule has 0 bridgehead atoms. The van der Waals surface area contributed by atoms with Crippen molar-refractivity contribution in [1.29, 1.82) is 0 Å². The third kappa shape index (κ3) is 2.72. The highest BCUT2D eigenvalue weighted by Gasteiger charge is 2.62. The van der Waals surface area contributed by atoms with Crippen LogP contribution in [0.2, 0.25) is 0 Å². The molecule has 4 fully saturated rings. The average Bonchev–Trinajstić information content (AvgIpc) is 2.94. The van der Waals surface area contributed by atoms with Crippen LogP contribution in [0.3, 0.4) is 0 Å². The van der Waals surface area contributed by atoms with E-state index in [0.29, 0.717) is 28.6 Å². The molecule has 4 rings (SSSR count). The van der Waals surface area contributed by atoms with Gasteiger partial charge in [-0.25, -0.2) is 0 Å². The van der Waals surface area contributed by atoms with Gasteiger partial charge in [0.15, 0.2) is 0 Å². The molecule has 0 saturated heterocycles. The summed E-state index contributed by atoms with van der Waals surface area (Å²) in [4.78, 5) is 0. The Morgan fingerprint density at radius 1 is 0.962 bits per heavy atom. The molecule has 4 saturated carbocycles. The van der Waals surface area contributed by atoms with Crippen molar-refractivity contribution in [2.75, 3.05) is 0 Å². The summed E-state index contributed by atoms with van der Waals surface area (Å²) in [5.41, 5.74) is 0.811. The standard InChI is InChI=1S/C24H42O2.4H2/c1-5-6-15(2)18-7-8-19-22-20(10-12-24(18,19)4)23(3)11-9-17(25)13-16(23)14-21(22)26;;;;/h15-22,25-26H,5-14H2,1-4H3;4*1H/t15?,16?,17-,18+,19?,20?,21-,22?,23-,24+;;;;/m0..../s1. The molecule has 2 heteroatoms. The molecule has 26 heavy (non-hydrogen) atoms. The van der Waals surface area contributed by atoms with Crippen LogP contribution in [0.25, 0.3) is 0 Å². The van der Waals surface area contributed by atoms with E-state index in [1.807, 2.05) is 0 Å². The Balaban J connectivity index is 0.00000210. The van der Waals surface area contributed by atoms with Gasteiger partial charge in [0.1, 0.15) is 0 Å². The quantitative estimate of drug-likeness (QED) is 0.603. The van der Waals surface area contributed by atoms with Gasteiger partial charge < -0.3 is 10.2 Å². The molecule has 0 heterocycles. The number of hydrogen-bond donors (Lipinski definition) is 2. The van der Waals surface area contributed by atoms with Gasteiger partial charge in [0, 0.05) is 5.71 Å². The molecule has 158 valence electrons. The van der Waals surface area contributed by atoms with Crippen LogP contribution in [0, 0.1) is 46.3 Å². The number of fused-ring (bicyclic) bond motifs is 5. The normalized spacial score (nSPS) is 54.9. The largest absolute Gasteiger partial charge is 0.393 e. The fourth-order valence-corrected chi connectivity index (χ4v) is 8.83. The van der Waals surface area contributed by atoms with Gasteiger partial charge in [-0.05, 0) is 97.7 Å². The maximum atomic E-state index is 11.3. The molecule has 0 aromatic heterocycles. The molecular weight excluding hydrogens is 320 g/mol. The molecule has 0 aromatic rings. The van der Waals surface area contributed by atoms with Gasteiger partial charge in [0.2, 0.25) is 0 Å². The number of hydrogen-bond acceptors (Lipinski definition) is 2. The summed E-state index contributed by atoms with van der Waals surface area (Å²) in [5, 5.41) is 21.5. The third-order valence-corrected chi connectivity index (χ3v) is 10.2. The summed E-state index contributed by atoms with van der Waals surface area (Å²) < 4.78 is 0. The highest BCUT2D eigenvalue weighted by atomic mass is 16.3. The summed E-state index contributed by atoms with van der Waals surface area (Å²) in [6, 6.07) is 0. The minimum Gasteiger partial charge on any atom is -0.393 e. The first-order valence-corrected chi connectivity index (χ1v) is 11.7. The fourth-order valence-electron chi connectivity index (χ4n) is 8.83. The SMILES string of the molecule is CCCC(C)[C@H]1CCC2C3C(CC[C@@]21C)[C@@]1(C)CC[C@H](O)CC1C[C@@H]3O.[HH].[HH].[HH].[HH]. The van der Waals surface area contributed by atoms with E-state index in [9.17, 15) is 10.2 Å². The van der Waals surface area contributed by atoms with Crippen molar-refractivity contribution in [3.63, 3.8) is 0 Å². The molecular formula is C24H50O2. The van der Waals surface area contributed by atoms with Gasteiger partial charge >= 0.3 is 0 Å². The zero-order valence-corrected chi connectivity index (χ0v) is 17.6. The van der Waals surface area contributed by atoms with E-state index in [4.69, 9.17) is 0 Å². The Morgan fingerprint density at radius 2 is 1.65 bits per heavy atom. The van der Waals surface area contributed by atoms with Crippen molar-refractivity contribution in [2.24, 2.45) is 46.3 Å². The van der Waals surface area contributed by atoms with Crippen LogP contribution in [-0.4, -0.2) is 22.4 Å². The Hall–Kier alpha value is -0.0800. The van der Waals surface area contributed by atoms with Gasteiger partial charge in [0.05, 0.1) is 12.2 Å². The Kier molecular flexibility index (Phi) is 5.01. The van der Waals surface area contributed by atoms with Crippen LogP contribution >= 0.6 is 0 Å². The van der Waals surface area contributed by atoms with E-state index in [-0.39, 0.29) is 17.9 Å². The predicted molar refractivity (Wildman–Crippen MR) is 115 cm³/mol. The molecule has 0 spiro atoms. The highest BCUT2D eigenvalue weighted by Crippen LogP contribution is 2.68. The Bertz CT molecular complexity index is 535. The lowest BCUT2D eigenvalue weighted by Crippen LogP contribution is -2.58. The minimum absolute atomic E-state index is 0. The van der Waals surface area contributed by atoms with Crippen molar-refractivity contribution < 1.29 is 15.9 Å². The van der Waals surface area contributed by atoms with Gasteiger partial charge in [0.25, 0.3) is 0 Å². The molecule has 2 nitrogen and oxygen atoms in total. The number of aliphatic hydroxyl groups is 2. The monoisotopic (exact) mass is 370 g/mol. The van der Waals surface area contributed by atoms with E-state index < -0.39 is 0 Å². The first-order chi connectivity index (χ1) is 12.3. The van der Waals surface area contributed by atoms with Gasteiger partial charge in [-0.3, -0.25) is 0 Å². The van der Waals surface area contributed by atoms with Crippen molar-refractivity contribution >= 4 is 0 Å². The second kappa shape index (κ2) is 6.76. The molecule has 0 amide bonds. The summed E-state index contributed by atoms with van der Waals surface area (Å²) in [7, 11) is 0. The van der Waals surface area contributed by atoms with Crippen LogP contribution in [0.15, 0.2) is 0 Å². The van der Waals surface area contributed by atoms with Crippen LogP contribution < -0.4 is 0 Å². The van der Waals surface area contributed by atoms with Crippen LogP contribution in [0.5, 0.6) is 0 Å². The molecule has 2 N–H and O–H groups in total. The lowest BCUT2D eigenvalue weighted by molar-refractivity contribution is -0.174. The van der Waals surface area contributed by atoms with E-state index in [1.54, 1.807) is 0 Å². The van der Waals surface area contributed by atoms with Crippen molar-refractivity contribution in [3.8, 4) is 0 Å². The lowest BCUT2D eigenvalue weighted by Gasteiger charge is -2.62. The van der Waals surface area contributed by atoms with E-state index >= 15 is 0 Å². The smallest absolute Gasteiger partial charge is 0.0577 e. The summed E-state index contributed by atoms with van der Waals surface area (Å²) in [6.45, 7) is 9.92. The number of rotatable bonds is 3. The second-order valence-corrected chi connectivity index (χ2v) is 11.2. The topological polar surface area (TPSA) is 40.5 Å². The molecule has 4 aliphatic rings. The van der Waals surface area contributed by atoms with Crippen LogP contribution in [0.1, 0.15) is 97.6 Å². The predicted octanol–water partition coefficient (Wildman–Crippen LogP) is 6.40. The van der Waals surface area contributed by atoms with E-state index in [2.05, 4.69) is 27.7 Å². The first-order valence-electron chi connectivity index (χ1n) is 11.7. The number of aliphatic hydroxyl groups excluding tert-OH is 2. The lowest BCUT2D eigenvalue weighted by atomic mass is 9.43. The maximum absolute atomic E-state index is 11.3. The molecule has 4 aliphatic carbocycles. The van der Waals surface area contributed by atoms with E-state index in [1.165, 1.54) is 44.9 Å². The van der Waals surface area contributed by atoms with Crippen LogP contribution in [-0.2, 0) is 0 Å². The fraction of sp³-hybridized carbons (Fsp3) is 1.00. The molecule has 0 aromatic carbocycles. The molecule has 5 unspecified atom stereocenters. The van der Waals surface area contributed by atoms with Gasteiger partial charge in [-0.1, -0.05) is 40.5 Å². The van der Waals surface area contributed by atoms with Gasteiger partial charge in [-0.2, -0.15) is 0 Å². The maximum Gasteiger partial charge on any atom is 0.0577 e. The zero-order valence-electron chi connectivity index (χ0n) is 17.6. The zero-order chi connectivity index (χ0) is 18.7. The molecule has 0 radical (unpaired) electrons. The average molecular weight is 371 g/mol. The third-order valence-electron chi connectivity index (χ3n) is 10.2. The summed E-state index contributed by atoms with van der Waals surface area (Å²) in [6.07, 6.45) is 11.8. The Labute approximate surface area is 167 Å². The van der Waals surface area contributed by atoms with Gasteiger partial charge in [-0.15, -0.1) is 0 Å². The van der Waals surface area contributed by atoms with Crippen molar-refractivity contribution in [3.05, 3.63) is 0 Å². The molecule has 0 aliphatic heterocycles. The van der Waals surface area contributed by atoms with Crippen molar-refractivity contribution in [2.45, 2.75) is 104 Å². The Morgan fingerprint density at radius 3 is 2.38 bits per heavy atom. The summed E-state index contributed by atoms with van der Waals surface area (Å²) in [5.74, 6) is 4.15. The van der Waals surface area contributed by atoms with Crippen molar-refractivity contribution in [1.82, 2.24) is 0 Å².